The fourth-order valence-corrected chi connectivity index (χ4v) is 3.60. The molecule has 0 radical (unpaired) electrons. The van der Waals surface area contributed by atoms with Crippen LogP contribution in [-0.2, 0) is 0 Å². The molecular weight excluding hydrogens is 313 g/mol. The van der Waals surface area contributed by atoms with Crippen molar-refractivity contribution >= 4 is 30.1 Å². The molecule has 0 saturated heterocycles. The summed E-state index contributed by atoms with van der Waals surface area (Å²) in [6.45, 7) is 15.4. The molecule has 0 fully saturated rings. The third-order valence-electron chi connectivity index (χ3n) is 2.22. The van der Waals surface area contributed by atoms with Crippen LogP contribution in [0.2, 0.25) is 0 Å². The largest absolute Gasteiger partial charge is 0.0683 e. The molecule has 0 bridgehead atoms. The summed E-state index contributed by atoms with van der Waals surface area (Å²) < 4.78 is 2.89. The van der Waals surface area contributed by atoms with Gasteiger partial charge in [-0.1, -0.05) is 27.7 Å². The van der Waals surface area contributed by atoms with Crippen LogP contribution in [0, 0.1) is 0 Å². The average molecular weight is 336 g/mol. The Labute approximate surface area is 127 Å². The van der Waals surface area contributed by atoms with Crippen LogP contribution in [0.15, 0.2) is 60.4 Å². The topological polar surface area (TPSA) is 22.0 Å². The molecule has 0 atom stereocenters. The molecule has 0 aliphatic carbocycles. The summed E-state index contributed by atoms with van der Waals surface area (Å²) in [6, 6.07) is 7.72. The van der Waals surface area contributed by atoms with E-state index in [9.17, 15) is 4.79 Å². The minimum atomic E-state index is 0.0106. The fourth-order valence-electron chi connectivity index (χ4n) is 1.48. The van der Waals surface area contributed by atoms with Crippen LogP contribution in [0.4, 0.5) is 0 Å². The van der Waals surface area contributed by atoms with Gasteiger partial charge in [-0.3, -0.25) is 0 Å². The van der Waals surface area contributed by atoms with Crippen LogP contribution in [0.25, 0.3) is 15.3 Å². The standard InChI is InChI=1S/C13H11NOSe.2C2H6/c1-3-7-10(4-2)14-13(15)11-8-5-6-9-12(11)16-14;2*1-2/h3-9H,1-2H2;2*1-2H3/b10-7+;;. The van der Waals surface area contributed by atoms with Gasteiger partial charge in [0.05, 0.1) is 0 Å². The third-order valence-corrected chi connectivity index (χ3v) is 4.56. The van der Waals surface area contributed by atoms with E-state index in [2.05, 4.69) is 13.2 Å². The van der Waals surface area contributed by atoms with Gasteiger partial charge in [0.2, 0.25) is 0 Å². The molecule has 0 aliphatic rings. The summed E-state index contributed by atoms with van der Waals surface area (Å²) >= 11 is 0.0106. The Morgan fingerprint density at radius 1 is 1.15 bits per heavy atom. The molecule has 0 spiro atoms. The molecule has 2 rings (SSSR count). The molecule has 0 aliphatic heterocycles. The van der Waals surface area contributed by atoms with Crippen LogP contribution in [-0.4, -0.2) is 18.3 Å². The Balaban J connectivity index is 0.000000829. The first-order chi connectivity index (χ1) is 9.77. The molecule has 0 unspecified atom stereocenters. The summed E-state index contributed by atoms with van der Waals surface area (Å²) in [6.07, 6.45) is 5.16. The summed E-state index contributed by atoms with van der Waals surface area (Å²) in [5.41, 5.74) is 0.875. The van der Waals surface area contributed by atoms with E-state index < -0.39 is 0 Å². The number of hydrogen-bond donors (Lipinski definition) is 0. The Kier molecular flexibility index (Phi) is 9.44. The molecule has 3 heteroatoms. The third kappa shape index (κ3) is 4.22. The first-order valence-corrected chi connectivity index (χ1v) is 8.47. The molecule has 1 aromatic heterocycles. The number of rotatable bonds is 3. The van der Waals surface area contributed by atoms with Crippen molar-refractivity contribution in [1.82, 2.24) is 3.56 Å². The second-order valence-electron chi connectivity index (χ2n) is 3.22. The number of benzene rings is 1. The minimum Gasteiger partial charge on any atom is -0.0683 e. The van der Waals surface area contributed by atoms with E-state index in [1.54, 1.807) is 21.8 Å². The van der Waals surface area contributed by atoms with Crippen LogP contribution >= 0.6 is 0 Å². The number of hydrogen-bond acceptors (Lipinski definition) is 1. The molecule has 0 amide bonds. The van der Waals surface area contributed by atoms with E-state index >= 15 is 0 Å². The van der Waals surface area contributed by atoms with Gasteiger partial charge in [0.25, 0.3) is 0 Å². The van der Waals surface area contributed by atoms with Crippen molar-refractivity contribution in [2.45, 2.75) is 27.7 Å². The number of fused-ring (bicyclic) bond motifs is 1. The molecule has 1 heterocycles. The van der Waals surface area contributed by atoms with Gasteiger partial charge in [0.15, 0.2) is 0 Å². The minimum absolute atomic E-state index is 0.0106. The zero-order chi connectivity index (χ0) is 15.5. The van der Waals surface area contributed by atoms with Gasteiger partial charge in [0, 0.05) is 0 Å². The van der Waals surface area contributed by atoms with Gasteiger partial charge >= 0.3 is 99.6 Å². The van der Waals surface area contributed by atoms with Crippen LogP contribution in [0.3, 0.4) is 0 Å². The van der Waals surface area contributed by atoms with Crippen LogP contribution in [0.5, 0.6) is 0 Å². The molecule has 0 N–H and O–H groups in total. The van der Waals surface area contributed by atoms with E-state index in [0.29, 0.717) is 0 Å². The molecule has 108 valence electrons. The quantitative estimate of drug-likeness (QED) is 0.604. The second kappa shape index (κ2) is 10.2. The monoisotopic (exact) mass is 337 g/mol. The first kappa shape index (κ1) is 18.4. The van der Waals surface area contributed by atoms with Crippen LogP contribution < -0.4 is 5.56 Å². The van der Waals surface area contributed by atoms with Crippen LogP contribution in [0.1, 0.15) is 27.7 Å². The van der Waals surface area contributed by atoms with Crippen molar-refractivity contribution in [1.29, 1.82) is 0 Å². The van der Waals surface area contributed by atoms with Gasteiger partial charge in [-0.05, 0) is 0 Å². The Morgan fingerprint density at radius 3 is 2.25 bits per heavy atom. The van der Waals surface area contributed by atoms with Crippen molar-refractivity contribution in [2.24, 2.45) is 0 Å². The number of aromatic nitrogens is 1. The Bertz CT molecular complexity index is 632. The fraction of sp³-hybridized carbons (Fsp3) is 0.235. The molecule has 20 heavy (non-hydrogen) atoms. The predicted molar refractivity (Wildman–Crippen MR) is 92.5 cm³/mol. The summed E-state index contributed by atoms with van der Waals surface area (Å²) in [5, 5.41) is 0.805. The van der Waals surface area contributed by atoms with Crippen molar-refractivity contribution < 1.29 is 0 Å². The van der Waals surface area contributed by atoms with Gasteiger partial charge in [0.1, 0.15) is 0 Å². The van der Waals surface area contributed by atoms with Gasteiger partial charge in [-0.2, -0.15) is 0 Å². The van der Waals surface area contributed by atoms with E-state index in [-0.39, 0.29) is 20.3 Å². The van der Waals surface area contributed by atoms with Gasteiger partial charge in [-0.15, -0.1) is 0 Å². The molecule has 0 saturated carbocycles. The Hall–Kier alpha value is -1.57. The maximum Gasteiger partial charge on any atom is -0.0683 e. The second-order valence-corrected chi connectivity index (χ2v) is 5.29. The SMILES string of the molecule is C=C/C=C(\C=C)n1[se]c2ccccc2c1=O.CC.CC. The first-order valence-electron chi connectivity index (χ1n) is 6.84. The Morgan fingerprint density at radius 2 is 1.75 bits per heavy atom. The van der Waals surface area contributed by atoms with Gasteiger partial charge < -0.3 is 0 Å². The van der Waals surface area contributed by atoms with E-state index in [1.165, 1.54) is 0 Å². The predicted octanol–water partition coefficient (Wildman–Crippen LogP) is 4.32. The van der Waals surface area contributed by atoms with Crippen molar-refractivity contribution in [2.75, 3.05) is 0 Å². The summed E-state index contributed by atoms with van der Waals surface area (Å²) in [5.74, 6) is 0. The number of nitrogens with zero attached hydrogens (tertiary/aromatic N) is 1. The van der Waals surface area contributed by atoms with Crippen molar-refractivity contribution in [3.63, 3.8) is 0 Å². The van der Waals surface area contributed by atoms with E-state index in [4.69, 9.17) is 0 Å². The molecule has 1 aromatic carbocycles. The van der Waals surface area contributed by atoms with E-state index in [0.717, 1.165) is 15.3 Å². The smallest absolute Gasteiger partial charge is 0.0683 e. The zero-order valence-electron chi connectivity index (χ0n) is 12.7. The van der Waals surface area contributed by atoms with E-state index in [1.807, 2.05) is 52.0 Å². The molecule has 2 nitrogen and oxygen atoms in total. The van der Waals surface area contributed by atoms with Crippen molar-refractivity contribution in [3.8, 4) is 0 Å². The average Bonchev–Trinajstić information content (AvgIpc) is 2.86. The molecule has 2 aromatic rings. The molecular formula is C17H23NOSe. The maximum atomic E-state index is 12.1. The van der Waals surface area contributed by atoms with Gasteiger partial charge in [-0.25, -0.2) is 0 Å². The van der Waals surface area contributed by atoms with Crippen molar-refractivity contribution in [3.05, 3.63) is 66.0 Å². The normalized spacial score (nSPS) is 9.90. The zero-order valence-corrected chi connectivity index (χ0v) is 14.4. The summed E-state index contributed by atoms with van der Waals surface area (Å²) in [4.78, 5) is 12.1. The maximum absolute atomic E-state index is 12.1. The number of allylic oxidation sites excluding steroid dienone is 4. The summed E-state index contributed by atoms with van der Waals surface area (Å²) in [7, 11) is 0.